The van der Waals surface area contributed by atoms with Gasteiger partial charge in [0, 0.05) is 6.42 Å². The predicted molar refractivity (Wildman–Crippen MR) is 49.4 cm³/mol. The van der Waals surface area contributed by atoms with Gasteiger partial charge in [-0.15, -0.1) is 0 Å². The Kier molecular flexibility index (Phi) is 2.84. The number of aliphatic hydroxyl groups excluding tert-OH is 1. The molecule has 1 unspecified atom stereocenters. The van der Waals surface area contributed by atoms with Crippen molar-refractivity contribution in [2.45, 2.75) is 24.9 Å². The molecule has 1 fully saturated rings. The molecule has 0 saturated carbocycles. The van der Waals surface area contributed by atoms with E-state index in [0.29, 0.717) is 0 Å². The third-order valence-corrected chi connectivity index (χ3v) is 2.42. The fourth-order valence-corrected chi connectivity index (χ4v) is 1.71. The summed E-state index contributed by atoms with van der Waals surface area (Å²) in [5.41, 5.74) is 0. The number of alkyl halides is 1. The van der Waals surface area contributed by atoms with E-state index in [9.17, 15) is 14.5 Å². The Labute approximate surface area is 89.6 Å². The van der Waals surface area contributed by atoms with Gasteiger partial charge in [-0.3, -0.25) is 0 Å². The molecule has 1 N–H and O–H groups in total. The monoisotopic (exact) mass is 231 g/mol. The number of aromatic nitrogens is 2. The molecule has 1 aromatic heterocycles. The van der Waals surface area contributed by atoms with Gasteiger partial charge in [0.15, 0.2) is 6.17 Å². The molecule has 3 atom stereocenters. The van der Waals surface area contributed by atoms with Crippen LogP contribution in [0.3, 0.4) is 0 Å². The SMILES string of the molecule is O=[N+]([O-])c1nccn1[C@@H]1OC(CO)C[C@H]1F. The van der Waals surface area contributed by atoms with E-state index in [-0.39, 0.29) is 13.0 Å². The number of imidazole rings is 1. The van der Waals surface area contributed by atoms with Crippen LogP contribution in [0.15, 0.2) is 12.4 Å². The second-order valence-electron chi connectivity index (χ2n) is 3.47. The van der Waals surface area contributed by atoms with Crippen LogP contribution < -0.4 is 0 Å². The molecule has 1 aromatic rings. The third kappa shape index (κ3) is 1.76. The Bertz CT molecular complexity index is 396. The summed E-state index contributed by atoms with van der Waals surface area (Å²) in [5.74, 6) is -0.466. The first-order valence-electron chi connectivity index (χ1n) is 4.71. The summed E-state index contributed by atoms with van der Waals surface area (Å²) in [4.78, 5) is 13.4. The van der Waals surface area contributed by atoms with Crippen molar-refractivity contribution in [1.82, 2.24) is 9.55 Å². The molecule has 1 aliphatic heterocycles. The maximum atomic E-state index is 13.5. The lowest BCUT2D eigenvalue weighted by molar-refractivity contribution is -0.398. The standard InChI is InChI=1S/C8H10FN3O4/c9-6-3-5(4-13)16-7(6)11-2-1-10-8(11)12(14)15/h1-2,5-7,13H,3-4H2/t5?,6-,7-/m1/s1. The summed E-state index contributed by atoms with van der Waals surface area (Å²) >= 11 is 0. The first-order chi connectivity index (χ1) is 7.63. The van der Waals surface area contributed by atoms with Gasteiger partial charge in [0.25, 0.3) is 0 Å². The van der Waals surface area contributed by atoms with Crippen molar-refractivity contribution in [2.75, 3.05) is 6.61 Å². The van der Waals surface area contributed by atoms with Crippen molar-refractivity contribution in [1.29, 1.82) is 0 Å². The van der Waals surface area contributed by atoms with Crippen LogP contribution in [0.25, 0.3) is 0 Å². The fraction of sp³-hybridized carbons (Fsp3) is 0.625. The van der Waals surface area contributed by atoms with E-state index >= 15 is 0 Å². The van der Waals surface area contributed by atoms with Crippen LogP contribution in [0.2, 0.25) is 0 Å². The van der Waals surface area contributed by atoms with Crippen LogP contribution in [-0.2, 0) is 4.74 Å². The number of halogens is 1. The highest BCUT2D eigenvalue weighted by Gasteiger charge is 2.40. The van der Waals surface area contributed by atoms with Gasteiger partial charge >= 0.3 is 5.95 Å². The molecule has 16 heavy (non-hydrogen) atoms. The van der Waals surface area contributed by atoms with E-state index in [0.717, 1.165) is 4.57 Å². The first-order valence-corrected chi connectivity index (χ1v) is 4.71. The molecule has 1 saturated heterocycles. The largest absolute Gasteiger partial charge is 0.436 e. The van der Waals surface area contributed by atoms with E-state index in [2.05, 4.69) is 4.98 Å². The maximum absolute atomic E-state index is 13.5. The summed E-state index contributed by atoms with van der Waals surface area (Å²) in [5, 5.41) is 19.4. The molecule has 1 aliphatic rings. The number of hydrogen-bond acceptors (Lipinski definition) is 5. The van der Waals surface area contributed by atoms with Crippen LogP contribution in [0.4, 0.5) is 10.3 Å². The summed E-state index contributed by atoms with van der Waals surface area (Å²) in [6.07, 6.45) is -0.571. The lowest BCUT2D eigenvalue weighted by Crippen LogP contribution is -2.18. The van der Waals surface area contributed by atoms with Crippen LogP contribution in [0, 0.1) is 10.1 Å². The third-order valence-electron chi connectivity index (χ3n) is 2.42. The molecule has 0 radical (unpaired) electrons. The Morgan fingerprint density at radius 3 is 3.12 bits per heavy atom. The van der Waals surface area contributed by atoms with Crippen LogP contribution in [0.1, 0.15) is 12.6 Å². The molecule has 0 bridgehead atoms. The molecule has 0 aromatic carbocycles. The lowest BCUT2D eigenvalue weighted by Gasteiger charge is -2.12. The first kappa shape index (κ1) is 11.0. The molecule has 2 rings (SSSR count). The van der Waals surface area contributed by atoms with Crippen molar-refractivity contribution < 1.29 is 19.2 Å². The summed E-state index contributed by atoms with van der Waals surface area (Å²) < 4.78 is 19.7. The number of ether oxygens (including phenoxy) is 1. The Hall–Kier alpha value is -1.54. The van der Waals surface area contributed by atoms with Gasteiger partial charge in [0.2, 0.25) is 6.23 Å². The minimum atomic E-state index is -1.38. The highest BCUT2D eigenvalue weighted by molar-refractivity contribution is 5.09. The number of nitrogens with zero attached hydrogens (tertiary/aromatic N) is 3. The molecule has 8 heteroatoms. The van der Waals surface area contributed by atoms with Crippen molar-refractivity contribution in [3.8, 4) is 0 Å². The van der Waals surface area contributed by atoms with E-state index in [1.807, 2.05) is 0 Å². The number of aliphatic hydroxyl groups is 1. The molecule has 0 spiro atoms. The topological polar surface area (TPSA) is 90.4 Å². The van der Waals surface area contributed by atoms with Crippen molar-refractivity contribution in [3.05, 3.63) is 22.5 Å². The average Bonchev–Trinajstić information content (AvgIpc) is 2.82. The summed E-state index contributed by atoms with van der Waals surface area (Å²) in [6.45, 7) is -0.306. The second kappa shape index (κ2) is 4.14. The maximum Gasteiger partial charge on any atom is 0.436 e. The summed E-state index contributed by atoms with van der Waals surface area (Å²) in [6, 6.07) is 0. The van der Waals surface area contributed by atoms with Gasteiger partial charge in [-0.2, -0.15) is 4.57 Å². The average molecular weight is 231 g/mol. The molecule has 88 valence electrons. The molecular weight excluding hydrogens is 221 g/mol. The van der Waals surface area contributed by atoms with Gasteiger partial charge in [0.1, 0.15) is 12.4 Å². The second-order valence-corrected chi connectivity index (χ2v) is 3.47. The van der Waals surface area contributed by atoms with Gasteiger partial charge in [-0.25, -0.2) is 4.39 Å². The predicted octanol–water partition coefficient (Wildman–Crippen LogP) is 0.409. The Balaban J connectivity index is 2.24. The van der Waals surface area contributed by atoms with Crippen LogP contribution in [0.5, 0.6) is 0 Å². The molecular formula is C8H10FN3O4. The lowest BCUT2D eigenvalue weighted by atomic mass is 10.2. The smallest absolute Gasteiger partial charge is 0.394 e. The Morgan fingerprint density at radius 2 is 2.56 bits per heavy atom. The van der Waals surface area contributed by atoms with Crippen LogP contribution >= 0.6 is 0 Å². The molecule has 0 amide bonds. The van der Waals surface area contributed by atoms with Crippen molar-refractivity contribution in [2.24, 2.45) is 0 Å². The normalized spacial score (nSPS) is 29.5. The number of nitro groups is 1. The minimum absolute atomic E-state index is 0.0243. The van der Waals surface area contributed by atoms with Crippen molar-refractivity contribution in [3.63, 3.8) is 0 Å². The van der Waals surface area contributed by atoms with Crippen LogP contribution in [-0.4, -0.2) is 38.5 Å². The Morgan fingerprint density at radius 1 is 1.81 bits per heavy atom. The van der Waals surface area contributed by atoms with E-state index in [1.165, 1.54) is 12.4 Å². The van der Waals surface area contributed by atoms with E-state index < -0.39 is 29.4 Å². The number of rotatable bonds is 3. The van der Waals surface area contributed by atoms with Gasteiger partial charge in [-0.05, 0) is 4.92 Å². The molecule has 0 aliphatic carbocycles. The quantitative estimate of drug-likeness (QED) is 0.601. The zero-order valence-electron chi connectivity index (χ0n) is 8.19. The van der Waals surface area contributed by atoms with Gasteiger partial charge in [-0.1, -0.05) is 4.98 Å². The zero-order chi connectivity index (χ0) is 11.7. The molecule has 7 nitrogen and oxygen atoms in total. The minimum Gasteiger partial charge on any atom is -0.394 e. The fourth-order valence-electron chi connectivity index (χ4n) is 1.71. The number of hydrogen-bond donors (Lipinski definition) is 1. The highest BCUT2D eigenvalue weighted by atomic mass is 19.1. The summed E-state index contributed by atoms with van der Waals surface area (Å²) in [7, 11) is 0. The van der Waals surface area contributed by atoms with Gasteiger partial charge in [0.05, 0.1) is 12.7 Å². The zero-order valence-corrected chi connectivity index (χ0v) is 8.19. The van der Waals surface area contributed by atoms with E-state index in [4.69, 9.17) is 9.84 Å². The van der Waals surface area contributed by atoms with E-state index in [1.54, 1.807) is 0 Å². The molecule has 2 heterocycles. The van der Waals surface area contributed by atoms with Crippen molar-refractivity contribution >= 4 is 5.95 Å². The van der Waals surface area contributed by atoms with Gasteiger partial charge < -0.3 is 20.0 Å². The highest BCUT2D eigenvalue weighted by Crippen LogP contribution is 2.33.